The lowest BCUT2D eigenvalue weighted by molar-refractivity contribution is 0.155. The molecule has 0 nitrogen and oxygen atoms in total. The Balaban J connectivity index is 0.000000461. The molecular weight excluding hydrogens is 264 g/mol. The maximum absolute atomic E-state index is 2.43. The monoisotopic (exact) mass is 310 g/mol. The molecule has 0 aromatic rings. The quantitative estimate of drug-likeness (QED) is 0.457. The molecule has 0 heterocycles. The Labute approximate surface area is 142 Å². The summed E-state index contributed by atoms with van der Waals surface area (Å²) in [6.45, 7) is 12.9. The highest BCUT2D eigenvalue weighted by molar-refractivity contribution is 4.80. The topological polar surface area (TPSA) is 0 Å². The van der Waals surface area contributed by atoms with E-state index in [0.717, 1.165) is 23.7 Å². The van der Waals surface area contributed by atoms with Crippen LogP contribution in [0.15, 0.2) is 0 Å². The van der Waals surface area contributed by atoms with Gasteiger partial charge in [0.05, 0.1) is 0 Å². The second kappa shape index (κ2) is 14.6. The van der Waals surface area contributed by atoms with Crippen LogP contribution in [0.5, 0.6) is 0 Å². The Hall–Kier alpha value is 0. The van der Waals surface area contributed by atoms with Crippen LogP contribution in [0.4, 0.5) is 0 Å². The zero-order chi connectivity index (χ0) is 16.8. The Morgan fingerprint density at radius 2 is 0.636 bits per heavy atom. The molecular formula is C22H46. The molecule has 0 bridgehead atoms. The van der Waals surface area contributed by atoms with Crippen molar-refractivity contribution in [2.45, 2.75) is 119 Å². The highest BCUT2D eigenvalue weighted by Gasteiger charge is 2.28. The predicted octanol–water partition coefficient (Wildman–Crippen LogP) is 8.25. The third-order valence-corrected chi connectivity index (χ3v) is 5.79. The van der Waals surface area contributed by atoms with E-state index < -0.39 is 0 Å². The summed E-state index contributed by atoms with van der Waals surface area (Å²) < 4.78 is 0. The van der Waals surface area contributed by atoms with Crippen molar-refractivity contribution >= 4 is 0 Å². The lowest BCUT2D eigenvalue weighted by atomic mass is 9.70. The number of hydrogen-bond donors (Lipinski definition) is 0. The summed E-state index contributed by atoms with van der Waals surface area (Å²) in [6, 6.07) is 0. The first-order chi connectivity index (χ1) is 10.8. The summed E-state index contributed by atoms with van der Waals surface area (Å²) >= 11 is 0. The first-order valence-corrected chi connectivity index (χ1v) is 10.8. The minimum Gasteiger partial charge on any atom is -0.0683 e. The number of hydrogen-bond acceptors (Lipinski definition) is 0. The van der Waals surface area contributed by atoms with Gasteiger partial charge in [0, 0.05) is 0 Å². The van der Waals surface area contributed by atoms with Crippen molar-refractivity contribution in [1.82, 2.24) is 0 Å². The van der Waals surface area contributed by atoms with Crippen molar-refractivity contribution in [3.8, 4) is 0 Å². The van der Waals surface area contributed by atoms with Gasteiger partial charge in [-0.3, -0.25) is 0 Å². The van der Waals surface area contributed by atoms with Crippen LogP contribution >= 0.6 is 0 Å². The first kappa shape index (κ1) is 22.0. The molecule has 0 unspecified atom stereocenters. The van der Waals surface area contributed by atoms with Gasteiger partial charge in [-0.15, -0.1) is 0 Å². The molecule has 0 amide bonds. The van der Waals surface area contributed by atoms with Crippen LogP contribution in [0.3, 0.4) is 0 Å². The van der Waals surface area contributed by atoms with E-state index in [2.05, 4.69) is 13.8 Å². The second-order valence-corrected chi connectivity index (χ2v) is 7.45. The summed E-state index contributed by atoms with van der Waals surface area (Å²) in [4.78, 5) is 0. The van der Waals surface area contributed by atoms with E-state index in [1.54, 1.807) is 25.7 Å². The zero-order valence-electron chi connectivity index (χ0n) is 16.8. The normalized spacial score (nSPS) is 33.5. The zero-order valence-corrected chi connectivity index (χ0v) is 16.8. The molecule has 0 radical (unpaired) electrons. The van der Waals surface area contributed by atoms with Crippen molar-refractivity contribution in [2.75, 3.05) is 0 Å². The Kier molecular flexibility index (Phi) is 14.6. The van der Waals surface area contributed by atoms with Gasteiger partial charge in [0.1, 0.15) is 0 Å². The second-order valence-electron chi connectivity index (χ2n) is 7.45. The Morgan fingerprint density at radius 1 is 0.409 bits per heavy atom. The summed E-state index contributed by atoms with van der Waals surface area (Å²) in [5, 5.41) is 0. The molecule has 0 saturated heterocycles. The van der Waals surface area contributed by atoms with E-state index in [0.29, 0.717) is 0 Å². The van der Waals surface area contributed by atoms with E-state index in [9.17, 15) is 0 Å². The summed E-state index contributed by atoms with van der Waals surface area (Å²) in [6.07, 6.45) is 18.2. The van der Waals surface area contributed by atoms with Crippen LogP contribution in [0.25, 0.3) is 0 Å². The molecule has 3 saturated carbocycles. The van der Waals surface area contributed by atoms with Crippen molar-refractivity contribution < 1.29 is 0 Å². The van der Waals surface area contributed by atoms with Crippen LogP contribution in [0.2, 0.25) is 0 Å². The van der Waals surface area contributed by atoms with Crippen LogP contribution in [0, 0.1) is 23.7 Å². The third-order valence-electron chi connectivity index (χ3n) is 5.79. The third kappa shape index (κ3) is 9.21. The van der Waals surface area contributed by atoms with Crippen molar-refractivity contribution in [3.63, 3.8) is 0 Å². The van der Waals surface area contributed by atoms with Gasteiger partial charge in [-0.2, -0.15) is 0 Å². The lowest BCUT2D eigenvalue weighted by Gasteiger charge is -2.36. The van der Waals surface area contributed by atoms with Crippen molar-refractivity contribution in [1.29, 1.82) is 0 Å². The average molecular weight is 311 g/mol. The molecule has 0 heteroatoms. The molecule has 3 aliphatic rings. The van der Waals surface area contributed by atoms with E-state index in [4.69, 9.17) is 0 Å². The summed E-state index contributed by atoms with van der Waals surface area (Å²) in [5.74, 6) is 4.26. The van der Waals surface area contributed by atoms with E-state index >= 15 is 0 Å². The molecule has 0 spiro atoms. The van der Waals surface area contributed by atoms with E-state index in [1.807, 2.05) is 27.7 Å². The molecule has 0 atom stereocenters. The molecule has 0 aromatic heterocycles. The molecule has 134 valence electrons. The van der Waals surface area contributed by atoms with Gasteiger partial charge < -0.3 is 0 Å². The molecule has 0 aromatic carbocycles. The molecule has 0 aliphatic heterocycles. The van der Waals surface area contributed by atoms with Gasteiger partial charge in [0.15, 0.2) is 0 Å². The molecule has 3 fully saturated rings. The molecule has 22 heavy (non-hydrogen) atoms. The SMILES string of the molecule is C1CCC1.CC.CC.CC1CCC(C2CCC(C)CC2)CC1. The van der Waals surface area contributed by atoms with Crippen LogP contribution in [0.1, 0.15) is 119 Å². The smallest absolute Gasteiger partial charge is 0.0386 e. The van der Waals surface area contributed by atoms with Crippen molar-refractivity contribution in [3.05, 3.63) is 0 Å². The highest BCUT2D eigenvalue weighted by Crippen LogP contribution is 2.40. The van der Waals surface area contributed by atoms with E-state index in [1.165, 1.54) is 51.4 Å². The fraction of sp³-hybridized carbons (Fsp3) is 1.00. The van der Waals surface area contributed by atoms with Gasteiger partial charge in [-0.25, -0.2) is 0 Å². The lowest BCUT2D eigenvalue weighted by Crippen LogP contribution is -2.24. The Morgan fingerprint density at radius 3 is 0.818 bits per heavy atom. The maximum atomic E-state index is 2.43. The van der Waals surface area contributed by atoms with Gasteiger partial charge in [0.2, 0.25) is 0 Å². The highest BCUT2D eigenvalue weighted by atomic mass is 14.3. The van der Waals surface area contributed by atoms with Crippen LogP contribution in [-0.2, 0) is 0 Å². The fourth-order valence-electron chi connectivity index (χ4n) is 3.76. The maximum Gasteiger partial charge on any atom is -0.0386 e. The van der Waals surface area contributed by atoms with Gasteiger partial charge in [0.25, 0.3) is 0 Å². The minimum absolute atomic E-state index is 1.02. The minimum atomic E-state index is 1.02. The van der Waals surface area contributed by atoms with Gasteiger partial charge in [-0.05, 0) is 49.4 Å². The van der Waals surface area contributed by atoms with Crippen molar-refractivity contribution in [2.24, 2.45) is 23.7 Å². The molecule has 0 N–H and O–H groups in total. The molecule has 3 rings (SSSR count). The van der Waals surface area contributed by atoms with Crippen LogP contribution < -0.4 is 0 Å². The predicted molar refractivity (Wildman–Crippen MR) is 103 cm³/mol. The summed E-state index contributed by atoms with van der Waals surface area (Å²) in [7, 11) is 0. The Bertz CT molecular complexity index is 176. The number of rotatable bonds is 1. The fourth-order valence-corrected chi connectivity index (χ4v) is 3.76. The van der Waals surface area contributed by atoms with Crippen LogP contribution in [-0.4, -0.2) is 0 Å². The summed E-state index contributed by atoms with van der Waals surface area (Å²) in [5.41, 5.74) is 0. The largest absolute Gasteiger partial charge is 0.0683 e. The van der Waals surface area contributed by atoms with Gasteiger partial charge >= 0.3 is 0 Å². The first-order valence-electron chi connectivity index (χ1n) is 10.8. The standard InChI is InChI=1S/C14H26.C4H8.2C2H6/c1-11-3-7-13(8-4-11)14-9-5-12(2)6-10-14;1-2-4-3-1;2*1-2/h11-14H,3-10H2,1-2H3;1-4H2;2*1-2H3. The van der Waals surface area contributed by atoms with E-state index in [-0.39, 0.29) is 0 Å². The average Bonchev–Trinajstić information content (AvgIpc) is 2.51. The molecule has 3 aliphatic carbocycles. The van der Waals surface area contributed by atoms with Gasteiger partial charge in [-0.1, -0.05) is 92.9 Å².